The molecule has 8 N–H and O–H groups in total. The van der Waals surface area contributed by atoms with Crippen LogP contribution < -0.4 is 22.9 Å². The molecule has 1 aromatic carbocycles. The highest BCUT2D eigenvalue weighted by Gasteiger charge is 2.09. The van der Waals surface area contributed by atoms with Crippen LogP contribution in [0, 0.1) is 0 Å². The van der Waals surface area contributed by atoms with Gasteiger partial charge in [0, 0.05) is 0 Å². The van der Waals surface area contributed by atoms with Crippen molar-refractivity contribution in [3.63, 3.8) is 0 Å². The molecule has 1 rings (SSSR count). The molecule has 0 amide bonds. The fraction of sp³-hybridized carbons (Fsp3) is 0.500. The van der Waals surface area contributed by atoms with Gasteiger partial charge >= 0.3 is 0 Å². The van der Waals surface area contributed by atoms with Crippen LogP contribution in [0.4, 0.5) is 0 Å². The number of nitrogens with zero attached hydrogens (tertiary/aromatic N) is 4. The molecule has 28 heavy (non-hydrogen) atoms. The smallest absolute Gasteiger partial charge is 0.211 e. The van der Waals surface area contributed by atoms with Crippen molar-refractivity contribution in [2.45, 2.75) is 65.2 Å². The maximum absolute atomic E-state index is 5.45. The molecule has 1 aromatic rings. The van der Waals surface area contributed by atoms with Crippen molar-refractivity contribution in [1.29, 1.82) is 0 Å². The number of guanidine groups is 2. The zero-order valence-electron chi connectivity index (χ0n) is 17.1. The van der Waals surface area contributed by atoms with Gasteiger partial charge in [-0.1, -0.05) is 57.7 Å². The summed E-state index contributed by atoms with van der Waals surface area (Å²) in [4.78, 5) is 0. The normalized spacial score (nSPS) is 11.9. The fourth-order valence-electron chi connectivity index (χ4n) is 2.70. The lowest BCUT2D eigenvalue weighted by molar-refractivity contribution is 0.740. The summed E-state index contributed by atoms with van der Waals surface area (Å²) in [5, 5.41) is 16.2. The van der Waals surface area contributed by atoms with Gasteiger partial charge < -0.3 is 22.9 Å². The third-order valence-corrected chi connectivity index (χ3v) is 4.14. The number of hydrogen-bond donors (Lipinski definition) is 4. The van der Waals surface area contributed by atoms with Crippen molar-refractivity contribution in [3.05, 3.63) is 35.4 Å². The minimum absolute atomic E-state index is 0.0567. The van der Waals surface area contributed by atoms with Gasteiger partial charge in [-0.25, -0.2) is 0 Å². The number of unbranched alkanes of at least 4 members (excludes halogenated alkanes) is 4. The highest BCUT2D eigenvalue weighted by atomic mass is 15.3. The second-order valence-electron chi connectivity index (χ2n) is 6.64. The Labute approximate surface area is 167 Å². The second kappa shape index (κ2) is 13.3. The molecule has 8 heteroatoms. The molecule has 0 unspecified atom stereocenters. The largest absolute Gasteiger partial charge is 0.369 e. The predicted molar refractivity (Wildman–Crippen MR) is 119 cm³/mol. The zero-order valence-corrected chi connectivity index (χ0v) is 17.1. The maximum Gasteiger partial charge on any atom is 0.211 e. The minimum atomic E-state index is -0.0567. The molecule has 0 spiro atoms. The van der Waals surface area contributed by atoms with Crippen LogP contribution >= 0.6 is 0 Å². The summed E-state index contributed by atoms with van der Waals surface area (Å²) in [7, 11) is 0. The molecule has 154 valence electrons. The molecular weight excluding hydrogens is 352 g/mol. The van der Waals surface area contributed by atoms with E-state index in [9.17, 15) is 0 Å². The van der Waals surface area contributed by atoms with E-state index in [1.807, 2.05) is 24.3 Å². The van der Waals surface area contributed by atoms with Crippen LogP contribution in [0.1, 0.15) is 76.3 Å². The van der Waals surface area contributed by atoms with E-state index >= 15 is 0 Å². The average molecular weight is 387 g/mol. The van der Waals surface area contributed by atoms with E-state index in [0.29, 0.717) is 0 Å². The summed E-state index contributed by atoms with van der Waals surface area (Å²) in [6.07, 6.45) is 8.12. The minimum Gasteiger partial charge on any atom is -0.369 e. The molecule has 0 saturated carbocycles. The lowest BCUT2D eigenvalue weighted by atomic mass is 9.98. The predicted octanol–water partition coefficient (Wildman–Crippen LogP) is 2.80. The topological polar surface area (TPSA) is 154 Å². The van der Waals surface area contributed by atoms with Gasteiger partial charge in [0.25, 0.3) is 0 Å². The molecular formula is C20H34N8. The molecule has 0 aliphatic heterocycles. The first-order valence-corrected chi connectivity index (χ1v) is 9.89. The van der Waals surface area contributed by atoms with Crippen LogP contribution in [0.5, 0.6) is 0 Å². The van der Waals surface area contributed by atoms with Crippen molar-refractivity contribution in [2.75, 3.05) is 0 Å². The standard InChI is InChI=1S/C20H34N8/c1-3-5-7-12-17(25-27-19(21)22)15-10-9-11-16(14-15)18(13-8-6-4-2)26-28-20(23)24/h9-11,14H,3-8,12-13H2,1-2H3,(H4,21,22,27)(H4,23,24,28)/b25-17+,26-18+. The zero-order chi connectivity index (χ0) is 20.8. The number of hydrogen-bond acceptors (Lipinski definition) is 4. The number of rotatable bonds is 12. The van der Waals surface area contributed by atoms with Crippen LogP contribution in [0.15, 0.2) is 44.7 Å². The van der Waals surface area contributed by atoms with E-state index in [1.54, 1.807) is 0 Å². The lowest BCUT2D eigenvalue weighted by Gasteiger charge is -2.10. The first kappa shape index (κ1) is 23.1. The molecule has 0 radical (unpaired) electrons. The molecule has 8 nitrogen and oxygen atoms in total. The van der Waals surface area contributed by atoms with Gasteiger partial charge in [-0.2, -0.15) is 10.2 Å². The summed E-state index contributed by atoms with van der Waals surface area (Å²) in [6.45, 7) is 4.33. The van der Waals surface area contributed by atoms with Crippen LogP contribution in [-0.4, -0.2) is 23.3 Å². The molecule has 0 fully saturated rings. The Bertz CT molecular complexity index is 653. The maximum atomic E-state index is 5.45. The Morgan fingerprint density at radius 1 is 0.679 bits per heavy atom. The fourth-order valence-corrected chi connectivity index (χ4v) is 2.70. The van der Waals surface area contributed by atoms with Crippen molar-refractivity contribution in [3.8, 4) is 0 Å². The average Bonchev–Trinajstić information content (AvgIpc) is 2.67. The Hall–Kier alpha value is -2.90. The molecule has 0 bridgehead atoms. The quantitative estimate of drug-likeness (QED) is 0.189. The summed E-state index contributed by atoms with van der Waals surface area (Å²) < 4.78 is 0. The molecule has 0 aromatic heterocycles. The van der Waals surface area contributed by atoms with Gasteiger partial charge in [0.2, 0.25) is 11.9 Å². The van der Waals surface area contributed by atoms with E-state index in [1.165, 1.54) is 0 Å². The third-order valence-electron chi connectivity index (χ3n) is 4.14. The van der Waals surface area contributed by atoms with Crippen molar-refractivity contribution in [1.82, 2.24) is 0 Å². The second-order valence-corrected chi connectivity index (χ2v) is 6.64. The van der Waals surface area contributed by atoms with Crippen LogP contribution in [0.25, 0.3) is 0 Å². The molecule has 0 aliphatic rings. The third kappa shape index (κ3) is 9.16. The monoisotopic (exact) mass is 386 g/mol. The van der Waals surface area contributed by atoms with Crippen LogP contribution in [0.2, 0.25) is 0 Å². The van der Waals surface area contributed by atoms with E-state index in [-0.39, 0.29) is 11.9 Å². The summed E-state index contributed by atoms with van der Waals surface area (Å²) in [5.74, 6) is -0.113. The van der Waals surface area contributed by atoms with Gasteiger partial charge in [0.1, 0.15) is 0 Å². The van der Waals surface area contributed by atoms with E-state index in [4.69, 9.17) is 22.9 Å². The molecule has 0 saturated heterocycles. The van der Waals surface area contributed by atoms with Gasteiger partial charge in [-0.15, -0.1) is 10.2 Å². The Morgan fingerprint density at radius 2 is 1.11 bits per heavy atom. The van der Waals surface area contributed by atoms with Gasteiger partial charge in [-0.05, 0) is 42.9 Å². The summed E-state index contributed by atoms with van der Waals surface area (Å²) >= 11 is 0. The molecule has 0 aliphatic carbocycles. The lowest BCUT2D eigenvalue weighted by Crippen LogP contribution is -2.22. The first-order chi connectivity index (χ1) is 13.5. The van der Waals surface area contributed by atoms with Crippen LogP contribution in [0.3, 0.4) is 0 Å². The summed E-state index contributed by atoms with van der Waals surface area (Å²) in [5.41, 5.74) is 25.4. The van der Waals surface area contributed by atoms with Gasteiger partial charge in [-0.3, -0.25) is 0 Å². The number of benzene rings is 1. The summed E-state index contributed by atoms with van der Waals surface area (Å²) in [6, 6.07) is 8.02. The first-order valence-electron chi connectivity index (χ1n) is 9.89. The number of nitrogens with two attached hydrogens (primary N) is 4. The van der Waals surface area contributed by atoms with Gasteiger partial charge in [0.05, 0.1) is 11.4 Å². The highest BCUT2D eigenvalue weighted by Crippen LogP contribution is 2.16. The van der Waals surface area contributed by atoms with Crippen molar-refractivity contribution >= 4 is 23.3 Å². The van der Waals surface area contributed by atoms with Gasteiger partial charge in [0.15, 0.2) is 0 Å². The van der Waals surface area contributed by atoms with Crippen LogP contribution in [-0.2, 0) is 0 Å². The molecule has 0 atom stereocenters. The molecule has 0 heterocycles. The van der Waals surface area contributed by atoms with Crippen molar-refractivity contribution < 1.29 is 0 Å². The van der Waals surface area contributed by atoms with Crippen molar-refractivity contribution in [2.24, 2.45) is 43.3 Å². The Kier molecular flexibility index (Phi) is 11.0. The van der Waals surface area contributed by atoms with E-state index in [0.717, 1.165) is 73.9 Å². The van der Waals surface area contributed by atoms with E-state index in [2.05, 4.69) is 34.3 Å². The SMILES string of the molecule is CCCCC/C(=N\N=C(N)N)c1cccc(/C(CCCCC)=N/N=C(N)N)c1. The Balaban J connectivity index is 3.21. The highest BCUT2D eigenvalue weighted by molar-refractivity contribution is 6.05. The Morgan fingerprint density at radius 3 is 1.46 bits per heavy atom. The van der Waals surface area contributed by atoms with E-state index < -0.39 is 0 Å².